The molecule has 0 bridgehead atoms. The van der Waals surface area contributed by atoms with Crippen molar-refractivity contribution in [3.8, 4) is 6.07 Å². The SMILES string of the molecule is N#CC1CN(C(=O)c2csc(/C=C\SC(c3ccccc3)(c3ccccc3)c3ccccc3)n2)C1. The van der Waals surface area contributed by atoms with Gasteiger partial charge in [0.2, 0.25) is 0 Å². The summed E-state index contributed by atoms with van der Waals surface area (Å²) in [6.45, 7) is 0.975. The number of benzene rings is 3. The monoisotopic (exact) mass is 493 g/mol. The van der Waals surface area contributed by atoms with Gasteiger partial charge in [-0.25, -0.2) is 4.98 Å². The van der Waals surface area contributed by atoms with Crippen LogP contribution in [0.15, 0.2) is 102 Å². The quantitative estimate of drug-likeness (QED) is 0.278. The molecule has 2 heterocycles. The van der Waals surface area contributed by atoms with E-state index in [0.717, 1.165) is 5.01 Å². The van der Waals surface area contributed by atoms with E-state index in [9.17, 15) is 4.79 Å². The van der Waals surface area contributed by atoms with E-state index in [0.29, 0.717) is 18.8 Å². The second-order valence-corrected chi connectivity index (χ2v) is 10.3. The molecule has 0 N–H and O–H groups in total. The first-order valence-electron chi connectivity index (χ1n) is 11.4. The number of carbonyl (C=O) groups is 1. The van der Waals surface area contributed by atoms with Crippen molar-refractivity contribution in [1.82, 2.24) is 9.88 Å². The Morgan fingerprint density at radius 1 is 0.943 bits per heavy atom. The van der Waals surface area contributed by atoms with Gasteiger partial charge in [-0.15, -0.1) is 23.1 Å². The van der Waals surface area contributed by atoms with Crippen molar-refractivity contribution in [2.75, 3.05) is 13.1 Å². The van der Waals surface area contributed by atoms with Crippen LogP contribution < -0.4 is 0 Å². The fraction of sp³-hybridized carbons (Fsp3) is 0.138. The predicted molar refractivity (Wildman–Crippen MR) is 143 cm³/mol. The Bertz CT molecular complexity index is 1260. The van der Waals surface area contributed by atoms with Gasteiger partial charge < -0.3 is 4.90 Å². The first kappa shape index (κ1) is 23.1. The molecule has 0 spiro atoms. The fourth-order valence-corrected chi connectivity index (χ4v) is 6.25. The zero-order valence-corrected chi connectivity index (χ0v) is 20.6. The highest BCUT2D eigenvalue weighted by atomic mass is 32.2. The van der Waals surface area contributed by atoms with Crippen LogP contribution in [0.25, 0.3) is 6.08 Å². The summed E-state index contributed by atoms with van der Waals surface area (Å²) in [5.74, 6) is -0.164. The number of thiazole rings is 1. The molecule has 1 saturated heterocycles. The van der Waals surface area contributed by atoms with E-state index < -0.39 is 4.75 Å². The van der Waals surface area contributed by atoms with Gasteiger partial charge in [-0.2, -0.15) is 5.26 Å². The molecule has 0 saturated carbocycles. The molecule has 172 valence electrons. The van der Waals surface area contributed by atoms with Crippen molar-refractivity contribution in [2.24, 2.45) is 5.92 Å². The molecule has 1 amide bonds. The number of amides is 1. The maximum absolute atomic E-state index is 12.6. The number of hydrogen-bond acceptors (Lipinski definition) is 5. The summed E-state index contributed by atoms with van der Waals surface area (Å²) in [5, 5.41) is 13.6. The highest BCUT2D eigenvalue weighted by Gasteiger charge is 2.36. The number of thioether (sulfide) groups is 1. The zero-order valence-electron chi connectivity index (χ0n) is 19.0. The molecule has 0 atom stereocenters. The van der Waals surface area contributed by atoms with Crippen LogP contribution in [-0.2, 0) is 4.75 Å². The van der Waals surface area contributed by atoms with E-state index in [1.807, 2.05) is 24.3 Å². The maximum atomic E-state index is 12.6. The summed E-state index contributed by atoms with van der Waals surface area (Å²) >= 11 is 3.17. The molecule has 1 fully saturated rings. The second-order valence-electron chi connectivity index (χ2n) is 8.31. The van der Waals surface area contributed by atoms with E-state index in [1.165, 1.54) is 28.0 Å². The minimum Gasteiger partial charge on any atom is -0.335 e. The number of hydrogen-bond donors (Lipinski definition) is 0. The van der Waals surface area contributed by atoms with E-state index >= 15 is 0 Å². The van der Waals surface area contributed by atoms with Crippen molar-refractivity contribution in [3.05, 3.63) is 129 Å². The molecule has 5 rings (SSSR count). The Kier molecular flexibility index (Phi) is 6.80. The Hall–Kier alpha value is -3.66. The van der Waals surface area contributed by atoms with Crippen molar-refractivity contribution >= 4 is 35.1 Å². The van der Waals surface area contributed by atoms with Gasteiger partial charge >= 0.3 is 0 Å². The van der Waals surface area contributed by atoms with Crippen LogP contribution in [0.2, 0.25) is 0 Å². The molecule has 6 heteroatoms. The minimum absolute atomic E-state index is 0.0598. The van der Waals surface area contributed by atoms with Crippen LogP contribution in [0.1, 0.15) is 32.2 Å². The smallest absolute Gasteiger partial charge is 0.273 e. The van der Waals surface area contributed by atoms with Gasteiger partial charge in [0.25, 0.3) is 5.91 Å². The van der Waals surface area contributed by atoms with E-state index in [-0.39, 0.29) is 11.8 Å². The van der Waals surface area contributed by atoms with Crippen LogP contribution in [0.3, 0.4) is 0 Å². The first-order chi connectivity index (χ1) is 17.2. The molecule has 1 aromatic heterocycles. The Morgan fingerprint density at radius 3 is 1.94 bits per heavy atom. The number of nitriles is 1. The fourth-order valence-electron chi connectivity index (χ4n) is 4.27. The van der Waals surface area contributed by atoms with Gasteiger partial charge in [-0.3, -0.25) is 4.79 Å². The third-order valence-corrected chi connectivity index (χ3v) is 8.23. The highest BCUT2D eigenvalue weighted by molar-refractivity contribution is 8.03. The van der Waals surface area contributed by atoms with E-state index in [1.54, 1.807) is 22.0 Å². The van der Waals surface area contributed by atoms with Gasteiger partial charge in [0, 0.05) is 18.5 Å². The number of aromatic nitrogens is 1. The summed E-state index contributed by atoms with van der Waals surface area (Å²) in [7, 11) is 0. The minimum atomic E-state index is -0.444. The largest absolute Gasteiger partial charge is 0.335 e. The van der Waals surface area contributed by atoms with Gasteiger partial charge in [0.15, 0.2) is 0 Å². The molecule has 0 aliphatic carbocycles. The van der Waals surface area contributed by atoms with Crippen LogP contribution in [0, 0.1) is 17.2 Å². The molecular weight excluding hydrogens is 470 g/mol. The summed E-state index contributed by atoms with van der Waals surface area (Å²) in [5.41, 5.74) is 4.00. The number of nitrogens with zero attached hydrogens (tertiary/aromatic N) is 3. The van der Waals surface area contributed by atoms with Crippen LogP contribution in [0.5, 0.6) is 0 Å². The molecule has 0 unspecified atom stereocenters. The van der Waals surface area contributed by atoms with Crippen LogP contribution in [0.4, 0.5) is 0 Å². The topological polar surface area (TPSA) is 57.0 Å². The molecule has 1 aliphatic rings. The number of likely N-dealkylation sites (tertiary alicyclic amines) is 1. The lowest BCUT2D eigenvalue weighted by molar-refractivity contribution is 0.0572. The highest BCUT2D eigenvalue weighted by Crippen LogP contribution is 2.49. The Labute approximate surface area is 213 Å². The first-order valence-corrected chi connectivity index (χ1v) is 13.1. The van der Waals surface area contributed by atoms with Gasteiger partial charge in [0.05, 0.1) is 16.7 Å². The lowest BCUT2D eigenvalue weighted by atomic mass is 9.84. The summed E-state index contributed by atoms with van der Waals surface area (Å²) in [4.78, 5) is 18.8. The second kappa shape index (κ2) is 10.3. The third-order valence-electron chi connectivity index (χ3n) is 6.09. The lowest BCUT2D eigenvalue weighted by Crippen LogP contribution is -2.49. The average Bonchev–Trinajstić information content (AvgIpc) is 3.37. The van der Waals surface area contributed by atoms with Crippen LogP contribution in [-0.4, -0.2) is 28.9 Å². The van der Waals surface area contributed by atoms with E-state index in [4.69, 9.17) is 5.26 Å². The van der Waals surface area contributed by atoms with Gasteiger partial charge in [-0.05, 0) is 28.2 Å². The molecule has 1 aliphatic heterocycles. The third kappa shape index (κ3) is 4.66. The number of carbonyl (C=O) groups excluding carboxylic acids is 1. The molecule has 0 radical (unpaired) electrons. The number of rotatable bonds is 7. The molecular formula is C29H23N3OS2. The van der Waals surface area contributed by atoms with Crippen molar-refractivity contribution < 1.29 is 4.79 Å². The molecule has 4 nitrogen and oxygen atoms in total. The summed E-state index contributed by atoms with van der Waals surface area (Å²) in [6, 6.07) is 33.8. The molecule has 35 heavy (non-hydrogen) atoms. The Balaban J connectivity index is 1.46. The summed E-state index contributed by atoms with van der Waals surface area (Å²) in [6.07, 6.45) is 1.98. The van der Waals surface area contributed by atoms with Crippen molar-refractivity contribution in [3.63, 3.8) is 0 Å². The van der Waals surface area contributed by atoms with Gasteiger partial charge in [-0.1, -0.05) is 91.0 Å². The van der Waals surface area contributed by atoms with Gasteiger partial charge in [0.1, 0.15) is 10.7 Å². The van der Waals surface area contributed by atoms with Crippen molar-refractivity contribution in [1.29, 1.82) is 5.26 Å². The Morgan fingerprint density at radius 2 is 1.46 bits per heavy atom. The van der Waals surface area contributed by atoms with Crippen molar-refractivity contribution in [2.45, 2.75) is 4.75 Å². The standard InChI is InChI=1S/C29H23N3OS2/c30-18-22-19-32(20-22)28(33)26-21-34-27(31-26)16-17-35-29(23-10-4-1-5-11-23,24-12-6-2-7-13-24)25-14-8-3-9-15-25/h1-17,21-22H,19-20H2/b17-16-. The van der Waals surface area contributed by atoms with E-state index in [2.05, 4.69) is 89.3 Å². The maximum Gasteiger partial charge on any atom is 0.273 e. The molecule has 4 aromatic rings. The molecule has 3 aromatic carbocycles. The van der Waals surface area contributed by atoms with Crippen LogP contribution >= 0.6 is 23.1 Å². The normalized spacial score (nSPS) is 14.0. The lowest BCUT2D eigenvalue weighted by Gasteiger charge is -2.34. The zero-order chi connectivity index (χ0) is 24.1. The summed E-state index contributed by atoms with van der Waals surface area (Å²) < 4.78 is -0.444. The average molecular weight is 494 g/mol. The predicted octanol–water partition coefficient (Wildman–Crippen LogP) is 6.43.